The van der Waals surface area contributed by atoms with E-state index in [0.717, 1.165) is 38.3 Å². The Kier molecular flexibility index (Phi) is 4.97. The summed E-state index contributed by atoms with van der Waals surface area (Å²) in [5.41, 5.74) is 4.90. The fourth-order valence-electron chi connectivity index (χ4n) is 5.09. The van der Waals surface area contributed by atoms with E-state index >= 15 is 0 Å². The average molecular weight is 444 g/mol. The van der Waals surface area contributed by atoms with Crippen LogP contribution in [0, 0.1) is 0 Å². The lowest BCUT2D eigenvalue weighted by molar-refractivity contribution is 0.0996. The van der Waals surface area contributed by atoms with E-state index in [1.165, 1.54) is 39.6 Å². The number of furan rings is 1. The van der Waals surface area contributed by atoms with E-state index in [9.17, 15) is 4.79 Å². The van der Waals surface area contributed by atoms with Gasteiger partial charge in [-0.15, -0.1) is 11.3 Å². The zero-order chi connectivity index (χ0) is 21.5. The molecule has 2 aromatic heterocycles. The molecule has 0 aliphatic carbocycles. The highest BCUT2D eigenvalue weighted by Crippen LogP contribution is 2.35. The molecule has 1 N–H and O–H groups in total. The molecule has 0 saturated carbocycles. The second-order valence-corrected chi connectivity index (χ2v) is 9.56. The first-order chi connectivity index (χ1) is 15.7. The SMILES string of the molecule is O=C(Nc1ccc2c(c1)CCN2C1CCN(Cc2csc3ccccc23)C1)c1ccco1. The third-order valence-corrected chi connectivity index (χ3v) is 7.67. The van der Waals surface area contributed by atoms with Gasteiger partial charge in [-0.3, -0.25) is 9.69 Å². The number of nitrogens with zero attached hydrogens (tertiary/aromatic N) is 2. The highest BCUT2D eigenvalue weighted by atomic mass is 32.1. The predicted molar refractivity (Wildman–Crippen MR) is 130 cm³/mol. The van der Waals surface area contributed by atoms with Crippen molar-refractivity contribution in [1.82, 2.24) is 4.90 Å². The Morgan fingerprint density at radius 1 is 1.12 bits per heavy atom. The fraction of sp³-hybridized carbons (Fsp3) is 0.269. The number of carbonyl (C=O) groups excluding carboxylic acids is 1. The van der Waals surface area contributed by atoms with E-state index in [4.69, 9.17) is 4.42 Å². The molecule has 5 nitrogen and oxygen atoms in total. The zero-order valence-electron chi connectivity index (χ0n) is 17.8. The van der Waals surface area contributed by atoms with E-state index in [2.05, 4.69) is 56.9 Å². The largest absolute Gasteiger partial charge is 0.459 e. The maximum Gasteiger partial charge on any atom is 0.291 e. The molecule has 4 aromatic rings. The summed E-state index contributed by atoms with van der Waals surface area (Å²) in [4.78, 5) is 17.4. The first-order valence-corrected chi connectivity index (χ1v) is 12.0. The number of amides is 1. The Bertz CT molecular complexity index is 1260. The summed E-state index contributed by atoms with van der Waals surface area (Å²) in [6.45, 7) is 4.31. The Hall–Kier alpha value is -3.09. The third-order valence-electron chi connectivity index (χ3n) is 6.66. The molecule has 1 amide bonds. The number of thiophene rings is 1. The van der Waals surface area contributed by atoms with Crippen molar-refractivity contribution in [2.45, 2.75) is 25.4 Å². The van der Waals surface area contributed by atoms with Crippen molar-refractivity contribution in [3.8, 4) is 0 Å². The maximum absolute atomic E-state index is 12.3. The molecule has 32 heavy (non-hydrogen) atoms. The summed E-state index contributed by atoms with van der Waals surface area (Å²) in [6, 6.07) is 18.9. The number of carbonyl (C=O) groups is 1. The van der Waals surface area contributed by atoms with Crippen LogP contribution in [0.4, 0.5) is 11.4 Å². The van der Waals surface area contributed by atoms with Gasteiger partial charge < -0.3 is 14.6 Å². The summed E-state index contributed by atoms with van der Waals surface area (Å²) in [6.07, 6.45) is 3.73. The van der Waals surface area contributed by atoms with Crippen LogP contribution in [-0.2, 0) is 13.0 Å². The van der Waals surface area contributed by atoms with Crippen LogP contribution in [0.2, 0.25) is 0 Å². The lowest BCUT2D eigenvalue weighted by atomic mass is 10.1. The van der Waals surface area contributed by atoms with Gasteiger partial charge in [0.15, 0.2) is 5.76 Å². The molecule has 2 aliphatic rings. The molecule has 1 unspecified atom stereocenters. The summed E-state index contributed by atoms with van der Waals surface area (Å²) >= 11 is 1.85. The summed E-state index contributed by atoms with van der Waals surface area (Å²) in [7, 11) is 0. The molecule has 4 heterocycles. The Balaban J connectivity index is 1.12. The molecular weight excluding hydrogens is 418 g/mol. The lowest BCUT2D eigenvalue weighted by Gasteiger charge is -2.27. The van der Waals surface area contributed by atoms with E-state index in [1.807, 2.05) is 17.4 Å². The zero-order valence-corrected chi connectivity index (χ0v) is 18.6. The minimum absolute atomic E-state index is 0.211. The topological polar surface area (TPSA) is 48.7 Å². The van der Waals surface area contributed by atoms with Gasteiger partial charge in [0.1, 0.15) is 0 Å². The van der Waals surface area contributed by atoms with Crippen LogP contribution < -0.4 is 10.2 Å². The standard InChI is InChI=1S/C26H25N3O2S/c30-26(24-5-3-13-31-24)27-20-7-8-23-18(14-20)9-12-29(23)21-10-11-28(16-21)15-19-17-32-25-6-2-1-4-22(19)25/h1-8,13-14,17,21H,9-12,15-16H2,(H,27,30). The molecule has 6 heteroatoms. The number of nitrogens with one attached hydrogen (secondary N) is 1. The molecular formula is C26H25N3O2S. The van der Waals surface area contributed by atoms with Gasteiger partial charge in [-0.05, 0) is 71.1 Å². The van der Waals surface area contributed by atoms with Gasteiger partial charge in [0.2, 0.25) is 0 Å². The van der Waals surface area contributed by atoms with Gasteiger partial charge in [-0.2, -0.15) is 0 Å². The smallest absolute Gasteiger partial charge is 0.291 e. The van der Waals surface area contributed by atoms with Gasteiger partial charge in [0.05, 0.1) is 6.26 Å². The van der Waals surface area contributed by atoms with Crippen molar-refractivity contribution in [3.05, 3.63) is 83.1 Å². The van der Waals surface area contributed by atoms with Gasteiger partial charge in [0.25, 0.3) is 5.91 Å². The monoisotopic (exact) mass is 443 g/mol. The number of hydrogen-bond acceptors (Lipinski definition) is 5. The number of rotatable bonds is 5. The van der Waals surface area contributed by atoms with Crippen LogP contribution in [0.1, 0.15) is 28.1 Å². The second-order valence-electron chi connectivity index (χ2n) is 8.65. The molecule has 0 bridgehead atoms. The number of anilines is 2. The Labute approximate surface area is 191 Å². The minimum atomic E-state index is -0.211. The van der Waals surface area contributed by atoms with Gasteiger partial charge in [-0.1, -0.05) is 18.2 Å². The number of benzene rings is 2. The number of fused-ring (bicyclic) bond motifs is 2. The third kappa shape index (κ3) is 3.59. The molecule has 1 saturated heterocycles. The Morgan fingerprint density at radius 2 is 2.06 bits per heavy atom. The van der Waals surface area contributed by atoms with Gasteiger partial charge >= 0.3 is 0 Å². The van der Waals surface area contributed by atoms with Crippen LogP contribution in [0.3, 0.4) is 0 Å². The molecule has 2 aliphatic heterocycles. The number of hydrogen-bond donors (Lipinski definition) is 1. The molecule has 162 valence electrons. The molecule has 6 rings (SSSR count). The molecule has 2 aromatic carbocycles. The van der Waals surface area contributed by atoms with Crippen LogP contribution in [0.25, 0.3) is 10.1 Å². The quantitative estimate of drug-likeness (QED) is 0.450. The summed E-state index contributed by atoms with van der Waals surface area (Å²) in [5, 5.41) is 6.67. The van der Waals surface area contributed by atoms with Crippen LogP contribution in [0.15, 0.2) is 70.7 Å². The van der Waals surface area contributed by atoms with Gasteiger partial charge in [0, 0.05) is 48.3 Å². The number of likely N-dealkylation sites (tertiary alicyclic amines) is 1. The first-order valence-electron chi connectivity index (χ1n) is 11.2. The molecule has 1 atom stereocenters. The summed E-state index contributed by atoms with van der Waals surface area (Å²) < 4.78 is 6.57. The summed E-state index contributed by atoms with van der Waals surface area (Å²) in [5.74, 6) is 0.119. The molecule has 0 spiro atoms. The first kappa shape index (κ1) is 19.6. The van der Waals surface area contributed by atoms with E-state index in [1.54, 1.807) is 12.1 Å². The van der Waals surface area contributed by atoms with E-state index in [-0.39, 0.29) is 5.91 Å². The highest BCUT2D eigenvalue weighted by Gasteiger charge is 2.32. The second kappa shape index (κ2) is 8.11. The van der Waals surface area contributed by atoms with Crippen molar-refractivity contribution >= 4 is 38.7 Å². The van der Waals surface area contributed by atoms with Crippen LogP contribution >= 0.6 is 11.3 Å². The highest BCUT2D eigenvalue weighted by molar-refractivity contribution is 7.17. The van der Waals surface area contributed by atoms with Crippen molar-refractivity contribution in [2.24, 2.45) is 0 Å². The van der Waals surface area contributed by atoms with E-state index in [0.29, 0.717) is 11.8 Å². The van der Waals surface area contributed by atoms with Crippen molar-refractivity contribution in [3.63, 3.8) is 0 Å². The van der Waals surface area contributed by atoms with Crippen molar-refractivity contribution in [2.75, 3.05) is 29.9 Å². The maximum atomic E-state index is 12.3. The van der Waals surface area contributed by atoms with Crippen LogP contribution in [-0.4, -0.2) is 36.5 Å². The average Bonchev–Trinajstić information content (AvgIpc) is 3.60. The van der Waals surface area contributed by atoms with Gasteiger partial charge in [-0.25, -0.2) is 0 Å². The molecule has 0 radical (unpaired) electrons. The normalized spacial score (nSPS) is 18.4. The fourth-order valence-corrected chi connectivity index (χ4v) is 6.05. The Morgan fingerprint density at radius 3 is 2.97 bits per heavy atom. The van der Waals surface area contributed by atoms with E-state index < -0.39 is 0 Å². The minimum Gasteiger partial charge on any atom is -0.459 e. The van der Waals surface area contributed by atoms with Crippen molar-refractivity contribution in [1.29, 1.82) is 0 Å². The van der Waals surface area contributed by atoms with Crippen molar-refractivity contribution < 1.29 is 9.21 Å². The molecule has 1 fully saturated rings. The van der Waals surface area contributed by atoms with Crippen LogP contribution in [0.5, 0.6) is 0 Å². The predicted octanol–water partition coefficient (Wildman–Crippen LogP) is 5.38. The lowest BCUT2D eigenvalue weighted by Crippen LogP contribution is -2.36.